The van der Waals surface area contributed by atoms with Crippen LogP contribution in [0, 0.1) is 6.92 Å². The number of aryl methyl sites for hydroxylation is 1. The van der Waals surface area contributed by atoms with Crippen LogP contribution in [0.1, 0.15) is 25.3 Å². The maximum Gasteiger partial charge on any atom is 0.219 e. The highest BCUT2D eigenvalue weighted by molar-refractivity contribution is 7.80. The van der Waals surface area contributed by atoms with E-state index in [0.717, 1.165) is 76.1 Å². The maximum atomic E-state index is 11.7. The van der Waals surface area contributed by atoms with Crippen LogP contribution < -0.4 is 10.2 Å². The number of carbonyl (C=O) groups is 1. The standard InChI is InChI=1S/C21H32N4O2S/c1-17-5-3-4-6-20(17)22-21(28)25(12-11-23-13-15-27-16-14-23)19-7-9-24(10-8-19)18(2)26/h3-6,19H,7-16H2,1-2H3,(H,22,28)/p+1. The van der Waals surface area contributed by atoms with Crippen molar-refractivity contribution in [2.45, 2.75) is 32.7 Å². The van der Waals surface area contributed by atoms with Gasteiger partial charge in [0.05, 0.1) is 26.3 Å². The average molecular weight is 406 g/mol. The number of carbonyl (C=O) groups excluding carboxylic acids is 1. The van der Waals surface area contributed by atoms with E-state index in [0.29, 0.717) is 6.04 Å². The van der Waals surface area contributed by atoms with Crippen LogP contribution in [0.15, 0.2) is 24.3 Å². The van der Waals surface area contributed by atoms with Gasteiger partial charge in [0.25, 0.3) is 0 Å². The molecule has 6 nitrogen and oxygen atoms in total. The lowest BCUT2D eigenvalue weighted by molar-refractivity contribution is -0.907. The number of quaternary nitrogens is 1. The number of likely N-dealkylation sites (tertiary alicyclic amines) is 1. The van der Waals surface area contributed by atoms with Gasteiger partial charge in [-0.3, -0.25) is 4.79 Å². The first-order valence-electron chi connectivity index (χ1n) is 10.3. The van der Waals surface area contributed by atoms with Crippen molar-refractivity contribution in [3.63, 3.8) is 0 Å². The van der Waals surface area contributed by atoms with Crippen LogP contribution in [0.4, 0.5) is 5.69 Å². The lowest BCUT2D eigenvalue weighted by Gasteiger charge is -2.40. The number of nitrogens with zero attached hydrogens (tertiary/aromatic N) is 2. The van der Waals surface area contributed by atoms with Gasteiger partial charge in [-0.2, -0.15) is 0 Å². The van der Waals surface area contributed by atoms with Crippen molar-refractivity contribution in [2.24, 2.45) is 0 Å². The van der Waals surface area contributed by atoms with E-state index < -0.39 is 0 Å². The first-order valence-corrected chi connectivity index (χ1v) is 10.8. The highest BCUT2D eigenvalue weighted by Gasteiger charge is 2.28. The Morgan fingerprint density at radius 1 is 1.29 bits per heavy atom. The third-order valence-electron chi connectivity index (χ3n) is 5.90. The van der Waals surface area contributed by atoms with Crippen molar-refractivity contribution in [3.8, 4) is 0 Å². The van der Waals surface area contributed by atoms with E-state index in [1.807, 2.05) is 17.0 Å². The molecule has 154 valence electrons. The number of para-hydroxylation sites is 1. The van der Waals surface area contributed by atoms with Gasteiger partial charge in [0.2, 0.25) is 5.91 Å². The molecule has 0 radical (unpaired) electrons. The van der Waals surface area contributed by atoms with Crippen LogP contribution in [-0.4, -0.2) is 79.3 Å². The molecule has 2 aliphatic heterocycles. The second-order valence-electron chi connectivity index (χ2n) is 7.79. The van der Waals surface area contributed by atoms with Crippen molar-refractivity contribution < 1.29 is 14.4 Å². The summed E-state index contributed by atoms with van der Waals surface area (Å²) in [6, 6.07) is 8.62. The number of morpholine rings is 1. The summed E-state index contributed by atoms with van der Waals surface area (Å²) in [7, 11) is 0. The summed E-state index contributed by atoms with van der Waals surface area (Å²) in [5.74, 6) is 0.170. The van der Waals surface area contributed by atoms with E-state index in [-0.39, 0.29) is 5.91 Å². The van der Waals surface area contributed by atoms with Gasteiger partial charge in [-0.1, -0.05) is 18.2 Å². The normalized spacial score (nSPS) is 18.7. The molecule has 0 saturated carbocycles. The van der Waals surface area contributed by atoms with Crippen LogP contribution in [-0.2, 0) is 9.53 Å². The number of piperidine rings is 1. The van der Waals surface area contributed by atoms with Crippen molar-refractivity contribution >= 4 is 28.9 Å². The van der Waals surface area contributed by atoms with E-state index in [9.17, 15) is 4.79 Å². The predicted molar refractivity (Wildman–Crippen MR) is 116 cm³/mol. The molecular weight excluding hydrogens is 372 g/mol. The quantitative estimate of drug-likeness (QED) is 0.714. The molecule has 2 saturated heterocycles. The maximum absolute atomic E-state index is 11.7. The van der Waals surface area contributed by atoms with Crippen LogP contribution in [0.5, 0.6) is 0 Å². The largest absolute Gasteiger partial charge is 0.370 e. The number of thiocarbonyl (C=S) groups is 1. The Bertz CT molecular complexity index is 670. The molecule has 7 heteroatoms. The van der Waals surface area contributed by atoms with Crippen molar-refractivity contribution in [3.05, 3.63) is 29.8 Å². The highest BCUT2D eigenvalue weighted by atomic mass is 32.1. The monoisotopic (exact) mass is 405 g/mol. The van der Waals surface area contributed by atoms with Crippen LogP contribution >= 0.6 is 12.2 Å². The summed E-state index contributed by atoms with van der Waals surface area (Å²) in [6.45, 7) is 11.2. The number of hydrogen-bond donors (Lipinski definition) is 2. The van der Waals surface area contributed by atoms with Gasteiger partial charge in [0, 0.05) is 31.7 Å². The van der Waals surface area contributed by atoms with Crippen LogP contribution in [0.2, 0.25) is 0 Å². The molecule has 2 heterocycles. The van der Waals surface area contributed by atoms with Crippen molar-refractivity contribution in [1.82, 2.24) is 9.80 Å². The Balaban J connectivity index is 1.65. The topological polar surface area (TPSA) is 49.3 Å². The molecule has 0 unspecified atom stereocenters. The Kier molecular flexibility index (Phi) is 7.65. The zero-order chi connectivity index (χ0) is 19.9. The molecule has 2 fully saturated rings. The molecule has 0 spiro atoms. The fourth-order valence-corrected chi connectivity index (χ4v) is 4.38. The van der Waals surface area contributed by atoms with Crippen molar-refractivity contribution in [2.75, 3.05) is 57.8 Å². The number of anilines is 1. The van der Waals surface area contributed by atoms with Gasteiger partial charge in [-0.25, -0.2) is 0 Å². The number of hydrogen-bond acceptors (Lipinski definition) is 3. The zero-order valence-electron chi connectivity index (χ0n) is 17.1. The van der Waals surface area contributed by atoms with Gasteiger partial charge >= 0.3 is 0 Å². The smallest absolute Gasteiger partial charge is 0.219 e. The summed E-state index contributed by atoms with van der Waals surface area (Å²) in [5.41, 5.74) is 2.26. The molecule has 1 aromatic carbocycles. The Labute approximate surface area is 173 Å². The minimum Gasteiger partial charge on any atom is -0.370 e. The summed E-state index contributed by atoms with van der Waals surface area (Å²) in [4.78, 5) is 17.6. The third kappa shape index (κ3) is 5.65. The Hall–Kier alpha value is -1.70. The van der Waals surface area contributed by atoms with Gasteiger partial charge in [-0.05, 0) is 43.6 Å². The molecule has 0 aliphatic carbocycles. The van der Waals surface area contributed by atoms with E-state index in [4.69, 9.17) is 17.0 Å². The molecule has 0 aromatic heterocycles. The minimum absolute atomic E-state index is 0.170. The second kappa shape index (κ2) is 10.2. The number of amides is 1. The number of benzene rings is 1. The highest BCUT2D eigenvalue weighted by Crippen LogP contribution is 2.19. The zero-order valence-corrected chi connectivity index (χ0v) is 17.9. The SMILES string of the molecule is CC(=O)N1CCC(N(CC[NH+]2CCOCC2)C(=S)Nc2ccccc2C)CC1. The fourth-order valence-electron chi connectivity index (χ4n) is 4.03. The Morgan fingerprint density at radius 2 is 1.96 bits per heavy atom. The molecule has 0 atom stereocenters. The second-order valence-corrected chi connectivity index (χ2v) is 8.17. The molecule has 1 aromatic rings. The number of nitrogens with one attached hydrogen (secondary N) is 2. The fraction of sp³-hybridized carbons (Fsp3) is 0.619. The summed E-state index contributed by atoms with van der Waals surface area (Å²) >= 11 is 5.85. The lowest BCUT2D eigenvalue weighted by Crippen LogP contribution is -3.14. The van der Waals surface area contributed by atoms with E-state index in [2.05, 4.69) is 29.3 Å². The minimum atomic E-state index is 0.170. The first-order chi connectivity index (χ1) is 13.5. The van der Waals surface area contributed by atoms with E-state index in [1.165, 1.54) is 5.56 Å². The number of rotatable bonds is 5. The third-order valence-corrected chi connectivity index (χ3v) is 6.24. The van der Waals surface area contributed by atoms with Gasteiger partial charge in [-0.15, -0.1) is 0 Å². The van der Waals surface area contributed by atoms with E-state index >= 15 is 0 Å². The van der Waals surface area contributed by atoms with Gasteiger partial charge in [0.15, 0.2) is 5.11 Å². The summed E-state index contributed by atoms with van der Waals surface area (Å²) in [5, 5.41) is 4.27. The van der Waals surface area contributed by atoms with Gasteiger partial charge < -0.3 is 24.8 Å². The van der Waals surface area contributed by atoms with Crippen molar-refractivity contribution in [1.29, 1.82) is 0 Å². The van der Waals surface area contributed by atoms with Gasteiger partial charge in [0.1, 0.15) is 13.1 Å². The Morgan fingerprint density at radius 3 is 2.61 bits per heavy atom. The summed E-state index contributed by atoms with van der Waals surface area (Å²) in [6.07, 6.45) is 1.93. The molecular formula is C21H33N4O2S+. The molecule has 2 aliphatic rings. The molecule has 28 heavy (non-hydrogen) atoms. The summed E-state index contributed by atoms with van der Waals surface area (Å²) < 4.78 is 5.49. The van der Waals surface area contributed by atoms with Crippen LogP contribution in [0.25, 0.3) is 0 Å². The first kappa shape index (κ1) is 21.0. The van der Waals surface area contributed by atoms with E-state index in [1.54, 1.807) is 11.8 Å². The number of ether oxygens (including phenoxy) is 1. The van der Waals surface area contributed by atoms with Crippen LogP contribution in [0.3, 0.4) is 0 Å². The lowest BCUT2D eigenvalue weighted by atomic mass is 10.0. The average Bonchev–Trinajstić information content (AvgIpc) is 2.71. The molecule has 2 N–H and O–H groups in total. The molecule has 0 bridgehead atoms. The molecule has 1 amide bonds. The predicted octanol–water partition coefficient (Wildman–Crippen LogP) is 0.920. The molecule has 3 rings (SSSR count).